The Bertz CT molecular complexity index is 990. The predicted molar refractivity (Wildman–Crippen MR) is 116 cm³/mol. The van der Waals surface area contributed by atoms with E-state index in [2.05, 4.69) is 25.1 Å². The number of aryl methyl sites for hydroxylation is 1. The lowest BCUT2D eigenvalue weighted by molar-refractivity contribution is 0.0653. The number of amides is 1. The molecule has 0 saturated carbocycles. The molecule has 1 amide bonds. The van der Waals surface area contributed by atoms with Gasteiger partial charge in [0.05, 0.1) is 11.6 Å². The third-order valence-corrected chi connectivity index (χ3v) is 5.33. The van der Waals surface area contributed by atoms with Gasteiger partial charge in [-0.25, -0.2) is 0 Å². The van der Waals surface area contributed by atoms with Crippen molar-refractivity contribution in [3.8, 4) is 6.07 Å². The van der Waals surface area contributed by atoms with Crippen molar-refractivity contribution < 1.29 is 4.79 Å². The van der Waals surface area contributed by atoms with E-state index in [-0.39, 0.29) is 11.9 Å². The van der Waals surface area contributed by atoms with E-state index in [1.807, 2.05) is 78.6 Å². The second-order valence-electron chi connectivity index (χ2n) is 7.30. The molecule has 29 heavy (non-hydrogen) atoms. The minimum absolute atomic E-state index is 0.0233. The summed E-state index contributed by atoms with van der Waals surface area (Å²) in [4.78, 5) is 15.4. The lowest BCUT2D eigenvalue weighted by atomic mass is 9.99. The van der Waals surface area contributed by atoms with Crippen LogP contribution in [0, 0.1) is 18.3 Å². The largest absolute Gasteiger partial charge is 0.331 e. The van der Waals surface area contributed by atoms with Crippen molar-refractivity contribution in [2.75, 3.05) is 0 Å². The molecule has 0 heterocycles. The summed E-state index contributed by atoms with van der Waals surface area (Å²) < 4.78 is 0. The summed E-state index contributed by atoms with van der Waals surface area (Å²) in [6, 6.07) is 27.7. The Morgan fingerprint density at radius 2 is 1.66 bits per heavy atom. The number of nitriles is 1. The lowest BCUT2D eigenvalue weighted by Crippen LogP contribution is -2.41. The van der Waals surface area contributed by atoms with Gasteiger partial charge < -0.3 is 4.90 Å². The van der Waals surface area contributed by atoms with Crippen LogP contribution in [-0.2, 0) is 13.0 Å². The van der Waals surface area contributed by atoms with Crippen molar-refractivity contribution in [3.63, 3.8) is 0 Å². The molecule has 3 heteroatoms. The second kappa shape index (κ2) is 9.71. The van der Waals surface area contributed by atoms with Crippen molar-refractivity contribution in [2.24, 2.45) is 0 Å². The Labute approximate surface area is 173 Å². The maximum Gasteiger partial charge on any atom is 0.254 e. The van der Waals surface area contributed by atoms with Gasteiger partial charge in [-0.3, -0.25) is 4.79 Å². The molecular formula is C26H26N2O. The highest BCUT2D eigenvalue weighted by molar-refractivity contribution is 5.94. The summed E-state index contributed by atoms with van der Waals surface area (Å²) in [5.74, 6) is 0.0233. The predicted octanol–water partition coefficient (Wildman–Crippen LogP) is 5.53. The summed E-state index contributed by atoms with van der Waals surface area (Å²) in [5.41, 5.74) is 4.62. The highest BCUT2D eigenvalue weighted by Crippen LogP contribution is 2.21. The van der Waals surface area contributed by atoms with Crippen LogP contribution in [0.15, 0.2) is 78.9 Å². The molecule has 146 valence electrons. The van der Waals surface area contributed by atoms with E-state index in [0.717, 1.165) is 24.0 Å². The van der Waals surface area contributed by atoms with Crippen LogP contribution in [-0.4, -0.2) is 16.8 Å². The molecule has 0 bridgehead atoms. The maximum atomic E-state index is 13.5. The molecule has 0 unspecified atom stereocenters. The van der Waals surface area contributed by atoms with Crippen LogP contribution < -0.4 is 0 Å². The SMILES string of the molecule is CC[C@@H](Cc1ccccc1)N(Cc1cc(C#N)ccc1C)C(=O)c1ccccc1. The van der Waals surface area contributed by atoms with E-state index >= 15 is 0 Å². The van der Waals surface area contributed by atoms with Crippen molar-refractivity contribution >= 4 is 5.91 Å². The van der Waals surface area contributed by atoms with Gasteiger partial charge in [-0.1, -0.05) is 61.5 Å². The standard InChI is InChI=1S/C26H26N2O/c1-3-25(17-21-10-6-4-7-11-21)28(26(29)23-12-8-5-9-13-23)19-24-16-22(18-27)15-14-20(24)2/h4-16,25H,3,17,19H2,1-2H3/t25-/m0/s1. The molecule has 0 aromatic heterocycles. The minimum Gasteiger partial charge on any atom is -0.331 e. The first-order valence-electron chi connectivity index (χ1n) is 10.0. The topological polar surface area (TPSA) is 44.1 Å². The molecule has 3 aromatic rings. The van der Waals surface area contributed by atoms with Gasteiger partial charge >= 0.3 is 0 Å². The summed E-state index contributed by atoms with van der Waals surface area (Å²) in [5, 5.41) is 9.29. The number of hydrogen-bond acceptors (Lipinski definition) is 2. The molecule has 0 radical (unpaired) electrons. The summed E-state index contributed by atoms with van der Waals surface area (Å²) in [6.45, 7) is 4.64. The molecule has 0 fully saturated rings. The van der Waals surface area contributed by atoms with Gasteiger partial charge in [0.1, 0.15) is 0 Å². The van der Waals surface area contributed by atoms with E-state index in [1.165, 1.54) is 5.56 Å². The highest BCUT2D eigenvalue weighted by Gasteiger charge is 2.24. The van der Waals surface area contributed by atoms with Crippen molar-refractivity contribution in [1.29, 1.82) is 5.26 Å². The molecule has 0 N–H and O–H groups in total. The first kappa shape index (κ1) is 20.4. The number of carbonyl (C=O) groups is 1. The fourth-order valence-electron chi connectivity index (χ4n) is 3.57. The van der Waals surface area contributed by atoms with E-state index in [0.29, 0.717) is 17.7 Å². The Kier molecular flexibility index (Phi) is 6.81. The highest BCUT2D eigenvalue weighted by atomic mass is 16.2. The average molecular weight is 383 g/mol. The third kappa shape index (κ3) is 5.12. The van der Waals surface area contributed by atoms with Crippen LogP contribution in [0.1, 0.15) is 46.0 Å². The minimum atomic E-state index is 0.0233. The van der Waals surface area contributed by atoms with E-state index < -0.39 is 0 Å². The van der Waals surface area contributed by atoms with Gasteiger partial charge in [0, 0.05) is 18.2 Å². The van der Waals surface area contributed by atoms with Gasteiger partial charge in [0.25, 0.3) is 5.91 Å². The molecule has 3 aromatic carbocycles. The summed E-state index contributed by atoms with van der Waals surface area (Å²) in [7, 11) is 0. The smallest absolute Gasteiger partial charge is 0.254 e. The Hall–Kier alpha value is -3.38. The van der Waals surface area contributed by atoms with E-state index in [4.69, 9.17) is 0 Å². The second-order valence-corrected chi connectivity index (χ2v) is 7.30. The fraction of sp³-hybridized carbons (Fsp3) is 0.231. The van der Waals surface area contributed by atoms with Crippen LogP contribution in [0.3, 0.4) is 0 Å². The summed E-state index contributed by atoms with van der Waals surface area (Å²) in [6.07, 6.45) is 1.65. The first-order valence-corrected chi connectivity index (χ1v) is 10.0. The van der Waals surface area contributed by atoms with Gasteiger partial charge in [0.2, 0.25) is 0 Å². The first-order chi connectivity index (χ1) is 14.1. The lowest BCUT2D eigenvalue weighted by Gasteiger charge is -2.32. The number of benzene rings is 3. The molecule has 3 nitrogen and oxygen atoms in total. The van der Waals surface area contributed by atoms with Gasteiger partial charge in [-0.2, -0.15) is 5.26 Å². The summed E-state index contributed by atoms with van der Waals surface area (Å²) >= 11 is 0. The number of carbonyl (C=O) groups excluding carboxylic acids is 1. The fourth-order valence-corrected chi connectivity index (χ4v) is 3.57. The zero-order valence-corrected chi connectivity index (χ0v) is 17.0. The van der Waals surface area contributed by atoms with E-state index in [1.54, 1.807) is 0 Å². The normalized spacial score (nSPS) is 11.5. The molecule has 0 saturated heterocycles. The number of nitrogens with zero attached hydrogens (tertiary/aromatic N) is 2. The molecule has 0 aliphatic heterocycles. The van der Waals surface area contributed by atoms with Crippen LogP contribution in [0.2, 0.25) is 0 Å². The van der Waals surface area contributed by atoms with Gasteiger partial charge in [0.15, 0.2) is 0 Å². The molecule has 0 aliphatic carbocycles. The van der Waals surface area contributed by atoms with E-state index in [9.17, 15) is 10.1 Å². The number of hydrogen-bond donors (Lipinski definition) is 0. The maximum absolute atomic E-state index is 13.5. The molecule has 1 atom stereocenters. The van der Waals surface area contributed by atoms with Crippen LogP contribution in [0.5, 0.6) is 0 Å². The van der Waals surface area contributed by atoms with Crippen LogP contribution >= 0.6 is 0 Å². The zero-order chi connectivity index (χ0) is 20.6. The van der Waals surface area contributed by atoms with Gasteiger partial charge in [-0.05, 0) is 60.7 Å². The monoisotopic (exact) mass is 382 g/mol. The van der Waals surface area contributed by atoms with Crippen molar-refractivity contribution in [3.05, 3.63) is 107 Å². The number of rotatable bonds is 7. The van der Waals surface area contributed by atoms with Crippen molar-refractivity contribution in [1.82, 2.24) is 4.90 Å². The Morgan fingerprint density at radius 1 is 1.00 bits per heavy atom. The third-order valence-electron chi connectivity index (χ3n) is 5.33. The average Bonchev–Trinajstić information content (AvgIpc) is 2.78. The quantitative estimate of drug-likeness (QED) is 0.539. The Balaban J connectivity index is 1.97. The molecule has 0 aliphatic rings. The van der Waals surface area contributed by atoms with Gasteiger partial charge in [-0.15, -0.1) is 0 Å². The molecular weight excluding hydrogens is 356 g/mol. The zero-order valence-electron chi connectivity index (χ0n) is 17.0. The molecule has 0 spiro atoms. The molecule has 3 rings (SSSR count). The van der Waals surface area contributed by atoms with Crippen LogP contribution in [0.4, 0.5) is 0 Å². The Morgan fingerprint density at radius 3 is 2.28 bits per heavy atom. The van der Waals surface area contributed by atoms with Crippen LogP contribution in [0.25, 0.3) is 0 Å². The van der Waals surface area contributed by atoms with Crippen molar-refractivity contribution in [2.45, 2.75) is 39.3 Å².